The minimum atomic E-state index is -0.771. The Hall–Kier alpha value is -1.42. The molecule has 3 nitrogen and oxygen atoms in total. The molecule has 1 N–H and O–H groups in total. The highest BCUT2D eigenvalue weighted by Gasteiger charge is 2.33. The third kappa shape index (κ3) is 3.32. The second-order valence-electron chi connectivity index (χ2n) is 5.61. The van der Waals surface area contributed by atoms with Crippen LogP contribution in [0, 0.1) is 12.7 Å². The monoisotopic (exact) mass is 265 g/mol. The van der Waals surface area contributed by atoms with Gasteiger partial charge in [-0.15, -0.1) is 0 Å². The zero-order valence-corrected chi connectivity index (χ0v) is 11.4. The molecule has 0 saturated heterocycles. The maximum absolute atomic E-state index is 13.3. The molecule has 1 aliphatic carbocycles. The molecule has 19 heavy (non-hydrogen) atoms. The number of benzene rings is 1. The van der Waals surface area contributed by atoms with E-state index < -0.39 is 11.4 Å². The highest BCUT2D eigenvalue weighted by atomic mass is 19.1. The van der Waals surface area contributed by atoms with Crippen LogP contribution in [-0.4, -0.2) is 35.1 Å². The zero-order valence-electron chi connectivity index (χ0n) is 11.4. The Bertz CT molecular complexity index is 461. The van der Waals surface area contributed by atoms with Crippen molar-refractivity contribution < 1.29 is 14.3 Å². The molecule has 0 radical (unpaired) electrons. The van der Waals surface area contributed by atoms with Crippen molar-refractivity contribution in [1.82, 2.24) is 4.90 Å². The number of halogens is 1. The Morgan fingerprint density at radius 2 is 2.00 bits per heavy atom. The number of amides is 1. The summed E-state index contributed by atoms with van der Waals surface area (Å²) in [5.41, 5.74) is 0.283. The van der Waals surface area contributed by atoms with E-state index in [1.165, 1.54) is 17.0 Å². The third-order valence-corrected chi connectivity index (χ3v) is 3.70. The van der Waals surface area contributed by atoms with Gasteiger partial charge in [0.1, 0.15) is 5.82 Å². The molecule has 1 aliphatic rings. The second kappa shape index (κ2) is 5.29. The lowest BCUT2D eigenvalue weighted by molar-refractivity contribution is 0.0156. The van der Waals surface area contributed by atoms with Crippen molar-refractivity contribution >= 4 is 5.91 Å². The molecule has 2 rings (SSSR count). The van der Waals surface area contributed by atoms with E-state index in [1.54, 1.807) is 20.0 Å². The minimum Gasteiger partial charge on any atom is -0.388 e. The van der Waals surface area contributed by atoms with Crippen LogP contribution in [0.1, 0.15) is 41.6 Å². The van der Waals surface area contributed by atoms with Crippen molar-refractivity contribution in [3.05, 3.63) is 35.1 Å². The summed E-state index contributed by atoms with van der Waals surface area (Å²) in [6.07, 6.45) is 3.45. The highest BCUT2D eigenvalue weighted by Crippen LogP contribution is 2.30. The van der Waals surface area contributed by atoms with Gasteiger partial charge in [0.05, 0.1) is 5.60 Å². The molecule has 104 valence electrons. The summed E-state index contributed by atoms with van der Waals surface area (Å²) in [7, 11) is 1.65. The number of hydrogen-bond donors (Lipinski definition) is 1. The topological polar surface area (TPSA) is 40.5 Å². The number of rotatable bonds is 3. The Morgan fingerprint density at radius 3 is 2.58 bits per heavy atom. The molecule has 1 aromatic rings. The lowest BCUT2D eigenvalue weighted by Gasteiger charge is -2.28. The second-order valence-corrected chi connectivity index (χ2v) is 5.61. The summed E-state index contributed by atoms with van der Waals surface area (Å²) < 4.78 is 13.3. The average molecular weight is 265 g/mol. The van der Waals surface area contributed by atoms with Crippen molar-refractivity contribution in [2.75, 3.05) is 13.6 Å². The summed E-state index contributed by atoms with van der Waals surface area (Å²) in [6.45, 7) is 2.06. The summed E-state index contributed by atoms with van der Waals surface area (Å²) >= 11 is 0. The van der Waals surface area contributed by atoms with Gasteiger partial charge in [0.25, 0.3) is 5.91 Å². The number of carbonyl (C=O) groups excluding carboxylic acids is 1. The fourth-order valence-corrected chi connectivity index (χ4v) is 2.78. The quantitative estimate of drug-likeness (QED) is 0.912. The van der Waals surface area contributed by atoms with Crippen molar-refractivity contribution in [3.63, 3.8) is 0 Å². The summed E-state index contributed by atoms with van der Waals surface area (Å²) in [4.78, 5) is 13.7. The highest BCUT2D eigenvalue weighted by molar-refractivity contribution is 5.94. The van der Waals surface area contributed by atoms with Crippen molar-refractivity contribution in [2.45, 2.75) is 38.2 Å². The van der Waals surface area contributed by atoms with E-state index in [1.807, 2.05) is 0 Å². The first-order valence-electron chi connectivity index (χ1n) is 6.65. The molecule has 0 atom stereocenters. The third-order valence-electron chi connectivity index (χ3n) is 3.70. The SMILES string of the molecule is Cc1cc(F)cc(C(=O)N(C)CC2(O)CCCC2)c1. The average Bonchev–Trinajstić information content (AvgIpc) is 2.73. The molecule has 0 spiro atoms. The predicted molar refractivity (Wildman–Crippen MR) is 71.5 cm³/mol. The van der Waals surface area contributed by atoms with Gasteiger partial charge >= 0.3 is 0 Å². The van der Waals surface area contributed by atoms with Crippen LogP contribution in [0.3, 0.4) is 0 Å². The summed E-state index contributed by atoms with van der Waals surface area (Å²) in [6, 6.07) is 4.30. The van der Waals surface area contributed by atoms with Gasteiger partial charge in [-0.1, -0.05) is 12.8 Å². The Morgan fingerprint density at radius 1 is 1.37 bits per heavy atom. The van der Waals surface area contributed by atoms with Crippen molar-refractivity contribution in [3.8, 4) is 0 Å². The molecule has 1 amide bonds. The standard InChI is InChI=1S/C15H20FNO2/c1-11-7-12(9-13(16)8-11)14(18)17(2)10-15(19)5-3-4-6-15/h7-9,19H,3-6,10H2,1-2H3. The van der Waals surface area contributed by atoms with Gasteiger partial charge in [-0.05, 0) is 43.5 Å². The minimum absolute atomic E-state index is 0.247. The molecule has 1 saturated carbocycles. The molecule has 1 aromatic carbocycles. The number of aliphatic hydroxyl groups is 1. The van der Waals surface area contributed by atoms with E-state index in [4.69, 9.17) is 0 Å². The lowest BCUT2D eigenvalue weighted by atomic mass is 10.0. The number of nitrogens with zero attached hydrogens (tertiary/aromatic N) is 1. The molecular formula is C15H20FNO2. The lowest BCUT2D eigenvalue weighted by Crippen LogP contribution is -2.42. The number of hydrogen-bond acceptors (Lipinski definition) is 2. The number of carbonyl (C=O) groups is 1. The molecule has 0 aliphatic heterocycles. The molecular weight excluding hydrogens is 245 g/mol. The van der Waals surface area contributed by atoms with Crippen LogP contribution in [0.15, 0.2) is 18.2 Å². The molecule has 0 heterocycles. The van der Waals surface area contributed by atoms with E-state index in [0.29, 0.717) is 12.1 Å². The van der Waals surface area contributed by atoms with Crippen LogP contribution < -0.4 is 0 Å². The normalized spacial score (nSPS) is 17.5. The fraction of sp³-hybridized carbons (Fsp3) is 0.533. The predicted octanol–water partition coefficient (Wildman–Crippen LogP) is 2.51. The first-order valence-corrected chi connectivity index (χ1v) is 6.65. The van der Waals surface area contributed by atoms with E-state index >= 15 is 0 Å². The van der Waals surface area contributed by atoms with Gasteiger partial charge in [0.2, 0.25) is 0 Å². The van der Waals surface area contributed by atoms with Crippen LogP contribution in [0.4, 0.5) is 4.39 Å². The molecule has 4 heteroatoms. The van der Waals surface area contributed by atoms with Crippen LogP contribution in [0.5, 0.6) is 0 Å². The van der Waals surface area contributed by atoms with Gasteiger partial charge in [-0.3, -0.25) is 4.79 Å². The van der Waals surface area contributed by atoms with E-state index in [2.05, 4.69) is 0 Å². The van der Waals surface area contributed by atoms with Crippen molar-refractivity contribution in [1.29, 1.82) is 0 Å². The smallest absolute Gasteiger partial charge is 0.253 e. The number of aryl methyl sites for hydroxylation is 1. The first kappa shape index (κ1) is 14.0. The van der Waals surface area contributed by atoms with E-state index in [0.717, 1.165) is 31.2 Å². The van der Waals surface area contributed by atoms with Crippen LogP contribution >= 0.6 is 0 Å². The maximum atomic E-state index is 13.3. The van der Waals surface area contributed by atoms with Gasteiger partial charge < -0.3 is 10.0 Å². The Kier molecular flexibility index (Phi) is 3.90. The first-order chi connectivity index (χ1) is 8.89. The summed E-state index contributed by atoms with van der Waals surface area (Å²) in [5, 5.41) is 10.3. The van der Waals surface area contributed by atoms with Crippen LogP contribution in [-0.2, 0) is 0 Å². The molecule has 0 bridgehead atoms. The van der Waals surface area contributed by atoms with Gasteiger partial charge in [0, 0.05) is 19.2 Å². The maximum Gasteiger partial charge on any atom is 0.253 e. The largest absolute Gasteiger partial charge is 0.388 e. The zero-order chi connectivity index (χ0) is 14.0. The Labute approximate surface area is 113 Å². The van der Waals surface area contributed by atoms with Gasteiger partial charge in [-0.25, -0.2) is 4.39 Å². The van der Waals surface area contributed by atoms with Gasteiger partial charge in [-0.2, -0.15) is 0 Å². The Balaban J connectivity index is 2.10. The van der Waals surface area contributed by atoms with E-state index in [-0.39, 0.29) is 5.91 Å². The van der Waals surface area contributed by atoms with Crippen molar-refractivity contribution in [2.24, 2.45) is 0 Å². The van der Waals surface area contributed by atoms with Crippen LogP contribution in [0.25, 0.3) is 0 Å². The van der Waals surface area contributed by atoms with Crippen LogP contribution in [0.2, 0.25) is 0 Å². The molecule has 0 unspecified atom stereocenters. The number of likely N-dealkylation sites (N-methyl/N-ethyl adjacent to an activating group) is 1. The fourth-order valence-electron chi connectivity index (χ4n) is 2.78. The summed E-state index contributed by atoms with van der Waals surface area (Å²) in [5.74, 6) is -0.653. The van der Waals surface area contributed by atoms with E-state index in [9.17, 15) is 14.3 Å². The molecule has 0 aromatic heterocycles. The molecule has 1 fully saturated rings. The van der Waals surface area contributed by atoms with Gasteiger partial charge in [0.15, 0.2) is 0 Å².